The van der Waals surface area contributed by atoms with E-state index in [4.69, 9.17) is 5.11 Å². The lowest BCUT2D eigenvalue weighted by Gasteiger charge is -2.18. The van der Waals surface area contributed by atoms with Crippen LogP contribution < -0.4 is 4.90 Å². The van der Waals surface area contributed by atoms with E-state index in [9.17, 15) is 4.79 Å². The summed E-state index contributed by atoms with van der Waals surface area (Å²) in [5, 5.41) is 9.03. The van der Waals surface area contributed by atoms with Gasteiger partial charge in [0.1, 0.15) is 11.6 Å². The second-order valence-corrected chi connectivity index (χ2v) is 5.24. The van der Waals surface area contributed by atoms with Crippen molar-refractivity contribution in [3.8, 4) is 0 Å². The van der Waals surface area contributed by atoms with Gasteiger partial charge in [0, 0.05) is 30.8 Å². The number of carboxylic acid groups (broad SMARTS) is 1. The van der Waals surface area contributed by atoms with Gasteiger partial charge in [-0.1, -0.05) is 0 Å². The molecule has 3 rings (SSSR count). The van der Waals surface area contributed by atoms with Crippen molar-refractivity contribution in [1.29, 1.82) is 0 Å². The average Bonchev–Trinajstić information content (AvgIpc) is 3.05. The minimum Gasteiger partial charge on any atom is -0.481 e. The van der Waals surface area contributed by atoms with Crippen molar-refractivity contribution in [3.05, 3.63) is 17.6 Å². The molecule has 2 aliphatic rings. The fourth-order valence-electron chi connectivity index (χ4n) is 2.49. The molecule has 0 unspecified atom stereocenters. The summed E-state index contributed by atoms with van der Waals surface area (Å²) in [7, 11) is 0. The largest absolute Gasteiger partial charge is 0.481 e. The Morgan fingerprint density at radius 3 is 2.78 bits per heavy atom. The van der Waals surface area contributed by atoms with Crippen LogP contribution in [0.25, 0.3) is 0 Å². The van der Waals surface area contributed by atoms with E-state index in [0.717, 1.165) is 23.9 Å². The Bertz CT molecular complexity index is 485. The molecule has 2 heterocycles. The smallest absolute Gasteiger partial charge is 0.308 e. The van der Waals surface area contributed by atoms with Gasteiger partial charge in [0.2, 0.25) is 0 Å². The molecule has 1 aliphatic carbocycles. The molecule has 0 radical (unpaired) electrons. The molecule has 0 spiro atoms. The lowest BCUT2D eigenvalue weighted by Crippen LogP contribution is -2.24. The summed E-state index contributed by atoms with van der Waals surface area (Å²) >= 11 is 0. The second kappa shape index (κ2) is 4.23. The number of carbonyl (C=O) groups is 1. The van der Waals surface area contributed by atoms with Gasteiger partial charge in [-0.2, -0.15) is 0 Å². The summed E-state index contributed by atoms with van der Waals surface area (Å²) in [5.74, 6) is 1.32. The number of aromatic nitrogens is 2. The molecular formula is C13H17N3O2. The van der Waals surface area contributed by atoms with Gasteiger partial charge in [-0.05, 0) is 26.2 Å². The van der Waals surface area contributed by atoms with Crippen molar-refractivity contribution in [2.24, 2.45) is 5.92 Å². The van der Waals surface area contributed by atoms with Crippen molar-refractivity contribution in [2.75, 3.05) is 18.0 Å². The van der Waals surface area contributed by atoms with E-state index in [2.05, 4.69) is 14.9 Å². The summed E-state index contributed by atoms with van der Waals surface area (Å²) in [6.45, 7) is 3.24. The normalized spacial score (nSPS) is 23.4. The van der Waals surface area contributed by atoms with Gasteiger partial charge in [-0.25, -0.2) is 9.97 Å². The third kappa shape index (κ3) is 2.17. The first kappa shape index (κ1) is 11.4. The van der Waals surface area contributed by atoms with Crippen LogP contribution in [0.1, 0.15) is 36.7 Å². The first-order chi connectivity index (χ1) is 8.63. The highest BCUT2D eigenvalue weighted by Crippen LogP contribution is 2.40. The molecule has 18 heavy (non-hydrogen) atoms. The van der Waals surface area contributed by atoms with Crippen molar-refractivity contribution in [2.45, 2.75) is 32.1 Å². The van der Waals surface area contributed by atoms with E-state index in [1.165, 1.54) is 12.8 Å². The van der Waals surface area contributed by atoms with E-state index < -0.39 is 5.97 Å². The Morgan fingerprint density at radius 2 is 2.17 bits per heavy atom. The Hall–Kier alpha value is -1.65. The zero-order valence-corrected chi connectivity index (χ0v) is 10.5. The van der Waals surface area contributed by atoms with Crippen LogP contribution in [0.3, 0.4) is 0 Å². The highest BCUT2D eigenvalue weighted by atomic mass is 16.4. The van der Waals surface area contributed by atoms with Crippen LogP contribution in [-0.2, 0) is 4.79 Å². The summed E-state index contributed by atoms with van der Waals surface area (Å²) in [4.78, 5) is 21.9. The summed E-state index contributed by atoms with van der Waals surface area (Å²) in [6, 6.07) is 2.04. The number of anilines is 1. The van der Waals surface area contributed by atoms with Gasteiger partial charge < -0.3 is 10.0 Å². The second-order valence-electron chi connectivity index (χ2n) is 5.24. The number of aryl methyl sites for hydroxylation is 1. The van der Waals surface area contributed by atoms with Crippen molar-refractivity contribution in [1.82, 2.24) is 9.97 Å². The Balaban J connectivity index is 1.81. The van der Waals surface area contributed by atoms with E-state index in [-0.39, 0.29) is 5.92 Å². The minimum atomic E-state index is -0.703. The Labute approximate surface area is 106 Å². The third-order valence-corrected chi connectivity index (χ3v) is 3.70. The van der Waals surface area contributed by atoms with Crippen LogP contribution in [0.2, 0.25) is 0 Å². The van der Waals surface area contributed by atoms with Crippen LogP contribution >= 0.6 is 0 Å². The molecule has 1 saturated heterocycles. The van der Waals surface area contributed by atoms with E-state index in [0.29, 0.717) is 18.9 Å². The number of nitrogens with zero attached hydrogens (tertiary/aromatic N) is 3. The van der Waals surface area contributed by atoms with Crippen LogP contribution in [0.5, 0.6) is 0 Å². The topological polar surface area (TPSA) is 66.3 Å². The first-order valence-electron chi connectivity index (χ1n) is 6.47. The molecule has 1 N–H and O–H groups in total. The quantitative estimate of drug-likeness (QED) is 0.878. The monoisotopic (exact) mass is 247 g/mol. The maximum absolute atomic E-state index is 11.0. The SMILES string of the molecule is Cc1nc(C2CC2)cc(N2CC[C@@H](C(=O)O)C2)n1. The zero-order valence-electron chi connectivity index (χ0n) is 10.5. The highest BCUT2D eigenvalue weighted by molar-refractivity contribution is 5.71. The first-order valence-corrected chi connectivity index (χ1v) is 6.47. The average molecular weight is 247 g/mol. The number of rotatable bonds is 3. The van der Waals surface area contributed by atoms with Gasteiger partial charge in [0.15, 0.2) is 0 Å². The van der Waals surface area contributed by atoms with Crippen molar-refractivity contribution < 1.29 is 9.90 Å². The summed E-state index contributed by atoms with van der Waals surface area (Å²) in [6.07, 6.45) is 3.14. The molecule has 0 bridgehead atoms. The molecule has 0 aromatic carbocycles. The van der Waals surface area contributed by atoms with E-state index in [1.807, 2.05) is 13.0 Å². The standard InChI is InChI=1S/C13H17N3O2/c1-8-14-11(9-2-3-9)6-12(15-8)16-5-4-10(7-16)13(17)18/h6,9-10H,2-5,7H2,1H3,(H,17,18)/t10-/m1/s1. The van der Waals surface area contributed by atoms with Crippen molar-refractivity contribution in [3.63, 3.8) is 0 Å². The van der Waals surface area contributed by atoms with Crippen LogP contribution in [0, 0.1) is 12.8 Å². The fourth-order valence-corrected chi connectivity index (χ4v) is 2.49. The Kier molecular flexibility index (Phi) is 2.69. The third-order valence-electron chi connectivity index (χ3n) is 3.70. The molecule has 0 amide bonds. The van der Waals surface area contributed by atoms with Gasteiger partial charge in [0.25, 0.3) is 0 Å². The molecule has 1 atom stereocenters. The van der Waals surface area contributed by atoms with Gasteiger partial charge in [0.05, 0.1) is 5.92 Å². The predicted octanol–water partition coefficient (Wildman–Crippen LogP) is 1.57. The number of hydrogen-bond donors (Lipinski definition) is 1. The van der Waals surface area contributed by atoms with Crippen LogP contribution in [-0.4, -0.2) is 34.1 Å². The minimum absolute atomic E-state index is 0.260. The predicted molar refractivity (Wildman–Crippen MR) is 66.7 cm³/mol. The van der Waals surface area contributed by atoms with Crippen LogP contribution in [0.15, 0.2) is 6.07 Å². The molecule has 2 fully saturated rings. The van der Waals surface area contributed by atoms with E-state index in [1.54, 1.807) is 0 Å². The molecular weight excluding hydrogens is 230 g/mol. The highest BCUT2D eigenvalue weighted by Gasteiger charge is 2.31. The zero-order chi connectivity index (χ0) is 12.7. The fraction of sp³-hybridized carbons (Fsp3) is 0.615. The Morgan fingerprint density at radius 1 is 1.39 bits per heavy atom. The lowest BCUT2D eigenvalue weighted by atomic mass is 10.1. The molecule has 1 aliphatic heterocycles. The number of hydrogen-bond acceptors (Lipinski definition) is 4. The van der Waals surface area contributed by atoms with Gasteiger partial charge in [-0.15, -0.1) is 0 Å². The molecule has 1 aromatic heterocycles. The molecule has 1 saturated carbocycles. The van der Waals surface area contributed by atoms with E-state index >= 15 is 0 Å². The molecule has 96 valence electrons. The van der Waals surface area contributed by atoms with Gasteiger partial charge in [-0.3, -0.25) is 4.79 Å². The van der Waals surface area contributed by atoms with Gasteiger partial charge >= 0.3 is 5.97 Å². The molecule has 1 aromatic rings. The lowest BCUT2D eigenvalue weighted by molar-refractivity contribution is -0.140. The van der Waals surface area contributed by atoms with Crippen LogP contribution in [0.4, 0.5) is 5.82 Å². The maximum Gasteiger partial charge on any atom is 0.308 e. The summed E-state index contributed by atoms with van der Waals surface area (Å²) < 4.78 is 0. The molecule has 5 nitrogen and oxygen atoms in total. The van der Waals surface area contributed by atoms with Crippen molar-refractivity contribution >= 4 is 11.8 Å². The summed E-state index contributed by atoms with van der Waals surface area (Å²) in [5.41, 5.74) is 1.12. The maximum atomic E-state index is 11.0. The number of aliphatic carboxylic acids is 1. The number of carboxylic acids is 1. The molecule has 5 heteroatoms.